The SMILES string of the molecule is CC(C)(C)C(=O)OCc1ccc2ccc(=O)oc2c1. The van der Waals surface area contributed by atoms with Gasteiger partial charge in [-0.25, -0.2) is 4.79 Å². The Kier molecular flexibility index (Phi) is 3.42. The Morgan fingerprint density at radius 2 is 1.89 bits per heavy atom. The van der Waals surface area contributed by atoms with E-state index in [1.165, 1.54) is 6.07 Å². The van der Waals surface area contributed by atoms with Gasteiger partial charge in [-0.15, -0.1) is 0 Å². The molecule has 19 heavy (non-hydrogen) atoms. The van der Waals surface area contributed by atoms with E-state index in [4.69, 9.17) is 9.15 Å². The quantitative estimate of drug-likeness (QED) is 0.615. The summed E-state index contributed by atoms with van der Waals surface area (Å²) in [6.45, 7) is 5.57. The lowest BCUT2D eigenvalue weighted by Crippen LogP contribution is -2.22. The summed E-state index contributed by atoms with van der Waals surface area (Å²) in [5, 5.41) is 0.838. The molecule has 4 heteroatoms. The highest BCUT2D eigenvalue weighted by Crippen LogP contribution is 2.18. The first-order chi connectivity index (χ1) is 8.86. The summed E-state index contributed by atoms with van der Waals surface area (Å²) in [5.41, 5.74) is 0.372. The third-order valence-electron chi connectivity index (χ3n) is 2.67. The third-order valence-corrected chi connectivity index (χ3v) is 2.67. The molecule has 0 atom stereocenters. The van der Waals surface area contributed by atoms with E-state index in [0.29, 0.717) is 5.58 Å². The van der Waals surface area contributed by atoms with Crippen molar-refractivity contribution >= 4 is 16.9 Å². The number of esters is 1. The molecule has 0 N–H and O–H groups in total. The summed E-state index contributed by atoms with van der Waals surface area (Å²) in [6.07, 6.45) is 0. The van der Waals surface area contributed by atoms with Crippen LogP contribution in [0.2, 0.25) is 0 Å². The molecule has 0 saturated heterocycles. The minimum atomic E-state index is -0.524. The van der Waals surface area contributed by atoms with Gasteiger partial charge in [0.15, 0.2) is 0 Å². The molecule has 0 bridgehead atoms. The Labute approximate surface area is 111 Å². The molecule has 1 heterocycles. The van der Waals surface area contributed by atoms with Crippen LogP contribution in [-0.4, -0.2) is 5.97 Å². The number of carbonyl (C=O) groups excluding carboxylic acids is 1. The highest BCUT2D eigenvalue weighted by Gasteiger charge is 2.22. The molecule has 0 radical (unpaired) electrons. The molecular formula is C15H16O4. The van der Waals surface area contributed by atoms with Gasteiger partial charge in [-0.1, -0.05) is 12.1 Å². The molecule has 0 aliphatic rings. The first-order valence-electron chi connectivity index (χ1n) is 6.06. The van der Waals surface area contributed by atoms with Crippen LogP contribution in [-0.2, 0) is 16.1 Å². The average Bonchev–Trinajstić information content (AvgIpc) is 2.34. The molecule has 0 aliphatic carbocycles. The lowest BCUT2D eigenvalue weighted by atomic mass is 9.97. The smallest absolute Gasteiger partial charge is 0.336 e. The van der Waals surface area contributed by atoms with Crippen LogP contribution >= 0.6 is 0 Å². The predicted octanol–water partition coefficient (Wildman–Crippen LogP) is 2.88. The van der Waals surface area contributed by atoms with E-state index in [2.05, 4.69) is 0 Å². The monoisotopic (exact) mass is 260 g/mol. The molecular weight excluding hydrogens is 244 g/mol. The van der Waals surface area contributed by atoms with Crippen molar-refractivity contribution in [3.05, 3.63) is 46.3 Å². The van der Waals surface area contributed by atoms with Gasteiger partial charge in [-0.3, -0.25) is 4.79 Å². The maximum absolute atomic E-state index is 11.7. The lowest BCUT2D eigenvalue weighted by Gasteiger charge is -2.16. The summed E-state index contributed by atoms with van der Waals surface area (Å²) in [5.74, 6) is -0.262. The number of carbonyl (C=O) groups is 1. The zero-order valence-corrected chi connectivity index (χ0v) is 11.2. The molecule has 1 aromatic carbocycles. The largest absolute Gasteiger partial charge is 0.460 e. The normalized spacial score (nSPS) is 11.5. The Morgan fingerprint density at radius 1 is 1.21 bits per heavy atom. The second kappa shape index (κ2) is 4.88. The Bertz CT molecular complexity index is 662. The predicted molar refractivity (Wildman–Crippen MR) is 71.7 cm³/mol. The van der Waals surface area contributed by atoms with Gasteiger partial charge in [0.1, 0.15) is 12.2 Å². The van der Waals surface area contributed by atoms with E-state index < -0.39 is 11.0 Å². The van der Waals surface area contributed by atoms with Crippen LogP contribution in [0, 0.1) is 5.41 Å². The summed E-state index contributed by atoms with van der Waals surface area (Å²) >= 11 is 0. The van der Waals surface area contributed by atoms with Gasteiger partial charge in [0.25, 0.3) is 0 Å². The first-order valence-corrected chi connectivity index (χ1v) is 6.06. The summed E-state index contributed by atoms with van der Waals surface area (Å²) in [4.78, 5) is 22.8. The first kappa shape index (κ1) is 13.3. The maximum Gasteiger partial charge on any atom is 0.336 e. The minimum Gasteiger partial charge on any atom is -0.460 e. The van der Waals surface area contributed by atoms with E-state index in [0.717, 1.165) is 10.9 Å². The summed E-state index contributed by atoms with van der Waals surface area (Å²) < 4.78 is 10.3. The van der Waals surface area contributed by atoms with Crippen molar-refractivity contribution in [1.29, 1.82) is 0 Å². The van der Waals surface area contributed by atoms with Gasteiger partial charge < -0.3 is 9.15 Å². The number of rotatable bonds is 2. The molecule has 0 aliphatic heterocycles. The molecule has 0 spiro atoms. The van der Waals surface area contributed by atoms with E-state index >= 15 is 0 Å². The number of fused-ring (bicyclic) bond motifs is 1. The van der Waals surface area contributed by atoms with Crippen LogP contribution in [0.15, 0.2) is 39.5 Å². The standard InChI is InChI=1S/C15H16O4/c1-15(2,3)14(17)18-9-10-4-5-11-6-7-13(16)19-12(11)8-10/h4-8H,9H2,1-3H3. The van der Waals surface area contributed by atoms with Gasteiger partial charge in [0.05, 0.1) is 5.41 Å². The van der Waals surface area contributed by atoms with Gasteiger partial charge in [-0.2, -0.15) is 0 Å². The van der Waals surface area contributed by atoms with Crippen molar-refractivity contribution in [3.8, 4) is 0 Å². The van der Waals surface area contributed by atoms with Crippen molar-refractivity contribution in [2.45, 2.75) is 27.4 Å². The van der Waals surface area contributed by atoms with Gasteiger partial charge >= 0.3 is 11.6 Å². The van der Waals surface area contributed by atoms with Crippen molar-refractivity contribution in [3.63, 3.8) is 0 Å². The van der Waals surface area contributed by atoms with Crippen LogP contribution < -0.4 is 5.63 Å². The van der Waals surface area contributed by atoms with Crippen LogP contribution in [0.25, 0.3) is 11.0 Å². The fraction of sp³-hybridized carbons (Fsp3) is 0.333. The second-order valence-electron chi connectivity index (χ2n) is 5.45. The number of benzene rings is 1. The van der Waals surface area contributed by atoms with Gasteiger partial charge in [-0.05, 0) is 38.5 Å². The fourth-order valence-corrected chi connectivity index (χ4v) is 1.56. The van der Waals surface area contributed by atoms with Crippen molar-refractivity contribution in [2.75, 3.05) is 0 Å². The zero-order chi connectivity index (χ0) is 14.0. The Hall–Kier alpha value is -2.10. The van der Waals surface area contributed by atoms with E-state index in [-0.39, 0.29) is 12.6 Å². The van der Waals surface area contributed by atoms with Crippen molar-refractivity contribution in [2.24, 2.45) is 5.41 Å². The molecule has 2 aromatic rings. The van der Waals surface area contributed by atoms with Crippen LogP contribution in [0.3, 0.4) is 0 Å². The molecule has 0 unspecified atom stereocenters. The number of hydrogen-bond donors (Lipinski definition) is 0. The van der Waals surface area contributed by atoms with Gasteiger partial charge in [0.2, 0.25) is 0 Å². The second-order valence-corrected chi connectivity index (χ2v) is 5.45. The third kappa shape index (κ3) is 3.22. The molecule has 0 fully saturated rings. The topological polar surface area (TPSA) is 56.5 Å². The van der Waals surface area contributed by atoms with Crippen LogP contribution in [0.5, 0.6) is 0 Å². The maximum atomic E-state index is 11.7. The van der Waals surface area contributed by atoms with Crippen molar-refractivity contribution < 1.29 is 13.9 Å². The van der Waals surface area contributed by atoms with Crippen LogP contribution in [0.4, 0.5) is 0 Å². The van der Waals surface area contributed by atoms with Crippen molar-refractivity contribution in [1.82, 2.24) is 0 Å². The fourth-order valence-electron chi connectivity index (χ4n) is 1.56. The lowest BCUT2D eigenvalue weighted by molar-refractivity contribution is -0.154. The Morgan fingerprint density at radius 3 is 2.58 bits per heavy atom. The molecule has 4 nitrogen and oxygen atoms in total. The molecule has 2 rings (SSSR count). The average molecular weight is 260 g/mol. The van der Waals surface area contributed by atoms with Gasteiger partial charge in [0, 0.05) is 11.5 Å². The van der Waals surface area contributed by atoms with E-state index in [1.54, 1.807) is 32.9 Å². The highest BCUT2D eigenvalue weighted by molar-refractivity contribution is 5.77. The van der Waals surface area contributed by atoms with Crippen LogP contribution in [0.1, 0.15) is 26.3 Å². The molecule has 0 saturated carbocycles. The summed E-state index contributed by atoms with van der Waals surface area (Å²) in [7, 11) is 0. The molecule has 1 aromatic heterocycles. The molecule has 100 valence electrons. The number of ether oxygens (including phenoxy) is 1. The highest BCUT2D eigenvalue weighted by atomic mass is 16.5. The van der Waals surface area contributed by atoms with E-state index in [9.17, 15) is 9.59 Å². The summed E-state index contributed by atoms with van der Waals surface area (Å²) in [6, 6.07) is 8.47. The molecule has 0 amide bonds. The Balaban J connectivity index is 2.18. The zero-order valence-electron chi connectivity index (χ0n) is 11.2. The minimum absolute atomic E-state index is 0.171. The van der Waals surface area contributed by atoms with E-state index in [1.807, 2.05) is 12.1 Å². The number of hydrogen-bond acceptors (Lipinski definition) is 4.